The molecule has 3 rings (SSSR count). The van der Waals surface area contributed by atoms with Crippen molar-refractivity contribution < 1.29 is 14.7 Å². The third-order valence-electron chi connectivity index (χ3n) is 3.94. The molecule has 0 radical (unpaired) electrons. The Morgan fingerprint density at radius 3 is 2.60 bits per heavy atom. The molecule has 0 unspecified atom stereocenters. The Kier molecular flexibility index (Phi) is 3.01. The quantitative estimate of drug-likeness (QED) is 0.861. The topological polar surface area (TPSA) is 95.4 Å². The van der Waals surface area contributed by atoms with Crippen LogP contribution < -0.4 is 5.32 Å². The third-order valence-corrected chi connectivity index (χ3v) is 4.14. The van der Waals surface area contributed by atoms with Gasteiger partial charge in [0.2, 0.25) is 5.91 Å². The van der Waals surface area contributed by atoms with Crippen LogP contribution in [0.15, 0.2) is 12.1 Å². The zero-order valence-corrected chi connectivity index (χ0v) is 11.3. The highest BCUT2D eigenvalue weighted by Gasteiger charge is 2.55. The molecule has 8 heteroatoms. The van der Waals surface area contributed by atoms with E-state index in [1.165, 1.54) is 4.90 Å². The van der Waals surface area contributed by atoms with Crippen molar-refractivity contribution in [2.75, 3.05) is 18.4 Å². The van der Waals surface area contributed by atoms with E-state index in [9.17, 15) is 9.59 Å². The standard InChI is InChI=1S/C12H13ClN4O3/c13-8-1-2-9(16-15-8)14-10(18)7-3-12(4-7)5-17(6-12)11(19)20/h1-2,7H,3-6H2,(H,19,20)(H,14,16,18). The highest BCUT2D eigenvalue weighted by atomic mass is 35.5. The number of carboxylic acid groups (broad SMARTS) is 1. The highest BCUT2D eigenvalue weighted by molar-refractivity contribution is 6.29. The van der Waals surface area contributed by atoms with Gasteiger partial charge in [0.05, 0.1) is 0 Å². The van der Waals surface area contributed by atoms with Gasteiger partial charge >= 0.3 is 6.09 Å². The largest absolute Gasteiger partial charge is 0.465 e. The van der Waals surface area contributed by atoms with Crippen molar-refractivity contribution in [3.63, 3.8) is 0 Å². The van der Waals surface area contributed by atoms with Crippen LogP contribution in [-0.2, 0) is 4.79 Å². The van der Waals surface area contributed by atoms with Gasteiger partial charge in [0.25, 0.3) is 0 Å². The summed E-state index contributed by atoms with van der Waals surface area (Å²) in [5.41, 5.74) is 0.0199. The summed E-state index contributed by atoms with van der Waals surface area (Å²) in [5, 5.41) is 19.2. The van der Waals surface area contributed by atoms with Crippen LogP contribution in [0.25, 0.3) is 0 Å². The summed E-state index contributed by atoms with van der Waals surface area (Å²) < 4.78 is 0. The van der Waals surface area contributed by atoms with Crippen molar-refractivity contribution in [1.29, 1.82) is 0 Å². The number of aromatic nitrogens is 2. The molecule has 1 aromatic heterocycles. The van der Waals surface area contributed by atoms with E-state index in [-0.39, 0.29) is 22.4 Å². The first-order valence-electron chi connectivity index (χ1n) is 6.25. The van der Waals surface area contributed by atoms with Gasteiger partial charge < -0.3 is 15.3 Å². The van der Waals surface area contributed by atoms with Gasteiger partial charge in [0.1, 0.15) is 0 Å². The number of rotatable bonds is 2. The molecule has 0 bridgehead atoms. The van der Waals surface area contributed by atoms with E-state index >= 15 is 0 Å². The minimum Gasteiger partial charge on any atom is -0.465 e. The van der Waals surface area contributed by atoms with Gasteiger partial charge in [-0.1, -0.05) is 11.6 Å². The number of hydrogen-bond acceptors (Lipinski definition) is 4. The fraction of sp³-hybridized carbons (Fsp3) is 0.500. The average Bonchev–Trinajstić information content (AvgIpc) is 2.28. The van der Waals surface area contributed by atoms with Crippen LogP contribution in [0.4, 0.5) is 10.6 Å². The molecule has 7 nitrogen and oxygen atoms in total. The summed E-state index contributed by atoms with van der Waals surface area (Å²) in [6.45, 7) is 1.07. The van der Waals surface area contributed by atoms with Gasteiger partial charge in [0, 0.05) is 24.4 Å². The molecule has 2 amide bonds. The number of likely N-dealkylation sites (tertiary alicyclic amines) is 1. The lowest BCUT2D eigenvalue weighted by atomic mass is 9.57. The first kappa shape index (κ1) is 13.1. The van der Waals surface area contributed by atoms with E-state index in [1.807, 2.05) is 0 Å². The molecule has 1 saturated carbocycles. The Morgan fingerprint density at radius 1 is 1.35 bits per heavy atom. The van der Waals surface area contributed by atoms with E-state index in [0.29, 0.717) is 18.9 Å². The van der Waals surface area contributed by atoms with Gasteiger partial charge in [-0.3, -0.25) is 4.79 Å². The molecule has 2 N–H and O–H groups in total. The molecule has 20 heavy (non-hydrogen) atoms. The first-order valence-corrected chi connectivity index (χ1v) is 6.63. The van der Waals surface area contributed by atoms with Crippen LogP contribution in [0, 0.1) is 11.3 Å². The number of nitrogens with zero attached hydrogens (tertiary/aromatic N) is 3. The maximum atomic E-state index is 12.0. The second-order valence-electron chi connectivity index (χ2n) is 5.47. The molecular formula is C12H13ClN4O3. The molecule has 1 spiro atoms. The highest BCUT2D eigenvalue weighted by Crippen LogP contribution is 2.52. The Balaban J connectivity index is 1.49. The number of anilines is 1. The average molecular weight is 297 g/mol. The van der Waals surface area contributed by atoms with Crippen molar-refractivity contribution in [2.45, 2.75) is 12.8 Å². The van der Waals surface area contributed by atoms with Crippen LogP contribution in [0.2, 0.25) is 5.15 Å². The predicted octanol–water partition coefficient (Wildman–Crippen LogP) is 1.46. The lowest BCUT2D eigenvalue weighted by Gasteiger charge is -2.57. The fourth-order valence-corrected chi connectivity index (χ4v) is 3.04. The first-order chi connectivity index (χ1) is 9.47. The predicted molar refractivity (Wildman–Crippen MR) is 70.4 cm³/mol. The molecule has 1 aliphatic carbocycles. The van der Waals surface area contributed by atoms with Crippen LogP contribution in [0.3, 0.4) is 0 Å². The Labute approximate surface area is 119 Å². The lowest BCUT2D eigenvalue weighted by molar-refractivity contribution is -0.136. The molecule has 0 aromatic carbocycles. The molecule has 2 aliphatic rings. The maximum Gasteiger partial charge on any atom is 0.407 e. The number of nitrogens with one attached hydrogen (secondary N) is 1. The summed E-state index contributed by atoms with van der Waals surface area (Å²) in [5.74, 6) is 0.200. The Morgan fingerprint density at radius 2 is 2.05 bits per heavy atom. The zero-order valence-electron chi connectivity index (χ0n) is 10.5. The molecule has 1 saturated heterocycles. The minimum absolute atomic E-state index is 0.0199. The number of carbonyl (C=O) groups excluding carboxylic acids is 1. The maximum absolute atomic E-state index is 12.0. The van der Waals surface area contributed by atoms with E-state index in [2.05, 4.69) is 15.5 Å². The molecule has 2 fully saturated rings. The molecular weight excluding hydrogens is 284 g/mol. The monoisotopic (exact) mass is 296 g/mol. The van der Waals surface area contributed by atoms with Crippen LogP contribution >= 0.6 is 11.6 Å². The molecule has 1 aliphatic heterocycles. The van der Waals surface area contributed by atoms with E-state index in [4.69, 9.17) is 16.7 Å². The van der Waals surface area contributed by atoms with Crippen molar-refractivity contribution >= 4 is 29.4 Å². The van der Waals surface area contributed by atoms with Crippen LogP contribution in [-0.4, -0.2) is 45.3 Å². The van der Waals surface area contributed by atoms with Crippen molar-refractivity contribution in [3.05, 3.63) is 17.3 Å². The Hall–Kier alpha value is -1.89. The molecule has 1 aromatic rings. The van der Waals surface area contributed by atoms with Crippen molar-refractivity contribution in [2.24, 2.45) is 11.3 Å². The van der Waals surface area contributed by atoms with Gasteiger partial charge in [-0.2, -0.15) is 0 Å². The summed E-state index contributed by atoms with van der Waals surface area (Å²) >= 11 is 5.61. The second kappa shape index (κ2) is 4.59. The normalized spacial score (nSPS) is 20.1. The van der Waals surface area contributed by atoms with E-state index in [1.54, 1.807) is 12.1 Å². The third kappa shape index (κ3) is 2.29. The number of amides is 2. The van der Waals surface area contributed by atoms with E-state index < -0.39 is 6.09 Å². The minimum atomic E-state index is -0.889. The SMILES string of the molecule is O=C(Nc1ccc(Cl)nn1)C1CC2(C1)CN(C(=O)O)C2. The van der Waals surface area contributed by atoms with Crippen molar-refractivity contribution in [1.82, 2.24) is 15.1 Å². The molecule has 106 valence electrons. The van der Waals surface area contributed by atoms with Gasteiger partial charge in [-0.15, -0.1) is 10.2 Å². The molecule has 2 heterocycles. The fourth-order valence-electron chi connectivity index (χ4n) is 2.94. The van der Waals surface area contributed by atoms with Crippen LogP contribution in [0.1, 0.15) is 12.8 Å². The van der Waals surface area contributed by atoms with Crippen LogP contribution in [0.5, 0.6) is 0 Å². The summed E-state index contributed by atoms with van der Waals surface area (Å²) in [7, 11) is 0. The second-order valence-corrected chi connectivity index (χ2v) is 5.86. The van der Waals surface area contributed by atoms with E-state index in [0.717, 1.165) is 12.8 Å². The summed E-state index contributed by atoms with van der Waals surface area (Å²) in [4.78, 5) is 24.1. The van der Waals surface area contributed by atoms with Crippen molar-refractivity contribution in [3.8, 4) is 0 Å². The molecule has 0 atom stereocenters. The number of halogens is 1. The number of carbonyl (C=O) groups is 2. The Bertz CT molecular complexity index is 548. The summed E-state index contributed by atoms with van der Waals surface area (Å²) in [6.07, 6.45) is 0.563. The lowest BCUT2D eigenvalue weighted by Crippen LogP contribution is -2.64. The van der Waals surface area contributed by atoms with Gasteiger partial charge in [-0.25, -0.2) is 4.79 Å². The van der Waals surface area contributed by atoms with Gasteiger partial charge in [-0.05, 0) is 25.0 Å². The smallest absolute Gasteiger partial charge is 0.407 e. The summed E-state index contributed by atoms with van der Waals surface area (Å²) in [6, 6.07) is 3.15. The number of hydrogen-bond donors (Lipinski definition) is 2. The zero-order chi connectivity index (χ0) is 14.3. The van der Waals surface area contributed by atoms with Gasteiger partial charge in [0.15, 0.2) is 11.0 Å².